The van der Waals surface area contributed by atoms with Crippen LogP contribution >= 0.6 is 15.9 Å². The van der Waals surface area contributed by atoms with Crippen molar-refractivity contribution in [3.8, 4) is 0 Å². The van der Waals surface area contributed by atoms with Crippen LogP contribution in [0.15, 0.2) is 33.9 Å². The molecule has 0 saturated heterocycles. The summed E-state index contributed by atoms with van der Waals surface area (Å²) in [6.07, 6.45) is 0. The van der Waals surface area contributed by atoms with Gasteiger partial charge in [-0.15, -0.1) is 5.10 Å². The second kappa shape index (κ2) is 6.00. The highest BCUT2D eigenvalue weighted by Gasteiger charge is 2.23. The van der Waals surface area contributed by atoms with Gasteiger partial charge in [0.1, 0.15) is 0 Å². The zero-order valence-electron chi connectivity index (χ0n) is 10.7. The van der Waals surface area contributed by atoms with Gasteiger partial charge in [0.15, 0.2) is 4.60 Å². The van der Waals surface area contributed by atoms with Crippen molar-refractivity contribution < 1.29 is 8.42 Å². The van der Waals surface area contributed by atoms with E-state index in [9.17, 15) is 8.42 Å². The van der Waals surface area contributed by atoms with E-state index in [0.29, 0.717) is 6.54 Å². The van der Waals surface area contributed by atoms with Crippen LogP contribution in [-0.4, -0.2) is 23.4 Å². The highest BCUT2D eigenvalue weighted by atomic mass is 79.9. The maximum Gasteiger partial charge on any atom is 0.260 e. The molecule has 3 N–H and O–H groups in total. The van der Waals surface area contributed by atoms with Crippen LogP contribution in [-0.2, 0) is 30.2 Å². The highest BCUT2D eigenvalue weighted by Crippen LogP contribution is 2.17. The normalized spacial score (nSPS) is 11.8. The van der Waals surface area contributed by atoms with Gasteiger partial charge in [-0.1, -0.05) is 29.5 Å². The van der Waals surface area contributed by atoms with Crippen molar-refractivity contribution in [2.24, 2.45) is 12.8 Å². The number of nitrogens with one attached hydrogen (secondary N) is 1. The van der Waals surface area contributed by atoms with Gasteiger partial charge in [0.05, 0.1) is 0 Å². The number of nitrogens with zero attached hydrogens (tertiary/aromatic N) is 3. The first-order valence-electron chi connectivity index (χ1n) is 5.77. The second-order valence-electron chi connectivity index (χ2n) is 4.15. The minimum absolute atomic E-state index is 0.00363. The van der Waals surface area contributed by atoms with Gasteiger partial charge in [0.2, 0.25) is 5.03 Å². The van der Waals surface area contributed by atoms with E-state index >= 15 is 0 Å². The van der Waals surface area contributed by atoms with Crippen molar-refractivity contribution in [3.63, 3.8) is 0 Å². The van der Waals surface area contributed by atoms with Crippen molar-refractivity contribution >= 4 is 26.0 Å². The van der Waals surface area contributed by atoms with E-state index in [2.05, 4.69) is 31.0 Å². The van der Waals surface area contributed by atoms with Gasteiger partial charge in [0, 0.05) is 20.1 Å². The number of hydrogen-bond donors (Lipinski definition) is 2. The van der Waals surface area contributed by atoms with Gasteiger partial charge in [-0.05, 0) is 27.1 Å². The highest BCUT2D eigenvalue weighted by molar-refractivity contribution is 9.10. The lowest BCUT2D eigenvalue weighted by Gasteiger charge is -2.07. The smallest absolute Gasteiger partial charge is 0.260 e. The lowest BCUT2D eigenvalue weighted by atomic mass is 10.1. The number of benzene rings is 1. The lowest BCUT2D eigenvalue weighted by molar-refractivity contribution is 0.560. The van der Waals surface area contributed by atoms with Crippen LogP contribution in [0.3, 0.4) is 0 Å². The predicted octanol–water partition coefficient (Wildman–Crippen LogP) is 0.515. The Labute approximate surface area is 125 Å². The first kappa shape index (κ1) is 15.1. The third kappa shape index (κ3) is 3.23. The summed E-state index contributed by atoms with van der Waals surface area (Å²) in [5.41, 5.74) is 7.35. The average molecular weight is 360 g/mol. The van der Waals surface area contributed by atoms with Crippen LogP contribution in [0, 0.1) is 0 Å². The Bertz CT molecular complexity index is 677. The molecule has 7 nitrogen and oxygen atoms in total. The molecule has 1 heterocycles. The van der Waals surface area contributed by atoms with Crippen molar-refractivity contribution in [1.82, 2.24) is 19.7 Å². The molecule has 0 radical (unpaired) electrons. The minimum Gasteiger partial charge on any atom is -0.326 e. The Hall–Kier alpha value is -1.29. The molecule has 0 saturated carbocycles. The number of aryl methyl sites for hydroxylation is 1. The van der Waals surface area contributed by atoms with Crippen LogP contribution < -0.4 is 10.5 Å². The summed E-state index contributed by atoms with van der Waals surface area (Å²) >= 11 is 3.07. The number of sulfonamides is 1. The molecule has 1 aromatic heterocycles. The first-order chi connectivity index (χ1) is 9.44. The maximum atomic E-state index is 12.2. The van der Waals surface area contributed by atoms with Gasteiger partial charge in [-0.3, -0.25) is 0 Å². The lowest BCUT2D eigenvalue weighted by Crippen LogP contribution is -2.25. The largest absolute Gasteiger partial charge is 0.326 e. The predicted molar refractivity (Wildman–Crippen MR) is 77.1 cm³/mol. The zero-order chi connectivity index (χ0) is 14.8. The molecule has 20 heavy (non-hydrogen) atoms. The van der Waals surface area contributed by atoms with E-state index in [-0.39, 0.29) is 16.2 Å². The number of nitrogens with two attached hydrogens (primary N) is 1. The third-order valence-electron chi connectivity index (χ3n) is 2.72. The van der Waals surface area contributed by atoms with Crippen molar-refractivity contribution in [2.45, 2.75) is 18.1 Å². The van der Waals surface area contributed by atoms with Crippen molar-refractivity contribution in [2.75, 3.05) is 0 Å². The van der Waals surface area contributed by atoms with Gasteiger partial charge in [-0.25, -0.2) is 17.8 Å². The standard InChI is InChI=1S/C11H14BrN5O2S/c1-17-11(10(12)15-16-17)20(18,19)14-7-9-4-2-8(6-13)3-5-9/h2-5,14H,6-7,13H2,1H3. The molecule has 0 unspecified atom stereocenters. The summed E-state index contributed by atoms with van der Waals surface area (Å²) in [5, 5.41) is 7.30. The van der Waals surface area contributed by atoms with E-state index in [4.69, 9.17) is 5.73 Å². The Morgan fingerprint density at radius 3 is 2.40 bits per heavy atom. The van der Waals surface area contributed by atoms with Crippen LogP contribution in [0.25, 0.3) is 0 Å². The summed E-state index contributed by atoms with van der Waals surface area (Å²) in [7, 11) is -2.16. The fourth-order valence-electron chi connectivity index (χ4n) is 1.65. The van der Waals surface area contributed by atoms with E-state index in [0.717, 1.165) is 11.1 Å². The third-order valence-corrected chi connectivity index (χ3v) is 5.00. The molecule has 0 fully saturated rings. The second-order valence-corrected chi connectivity index (χ2v) is 6.59. The Balaban J connectivity index is 2.13. The summed E-state index contributed by atoms with van der Waals surface area (Å²) in [6.45, 7) is 0.643. The number of rotatable bonds is 5. The quantitative estimate of drug-likeness (QED) is 0.809. The van der Waals surface area contributed by atoms with Crippen LogP contribution in [0.1, 0.15) is 11.1 Å². The molecule has 9 heteroatoms. The van der Waals surface area contributed by atoms with Gasteiger partial charge in [0.25, 0.3) is 10.0 Å². The van der Waals surface area contributed by atoms with Gasteiger partial charge in [-0.2, -0.15) is 0 Å². The van der Waals surface area contributed by atoms with Gasteiger partial charge >= 0.3 is 0 Å². The number of hydrogen-bond acceptors (Lipinski definition) is 5. The van der Waals surface area contributed by atoms with Gasteiger partial charge < -0.3 is 5.73 Å². The summed E-state index contributed by atoms with van der Waals surface area (Å²) < 4.78 is 28.2. The zero-order valence-corrected chi connectivity index (χ0v) is 13.1. The van der Waals surface area contributed by atoms with Crippen molar-refractivity contribution in [1.29, 1.82) is 0 Å². The monoisotopic (exact) mass is 359 g/mol. The number of halogens is 1. The molecule has 0 aliphatic rings. The molecule has 0 spiro atoms. The topological polar surface area (TPSA) is 103 Å². The number of aromatic nitrogens is 3. The fraction of sp³-hybridized carbons (Fsp3) is 0.273. The minimum atomic E-state index is -3.68. The molecule has 2 rings (SSSR count). The van der Waals surface area contributed by atoms with Crippen LogP contribution in [0.4, 0.5) is 0 Å². The van der Waals surface area contributed by atoms with Crippen LogP contribution in [0.5, 0.6) is 0 Å². The molecule has 1 aromatic carbocycles. The molecule has 0 bridgehead atoms. The van der Waals surface area contributed by atoms with E-state index < -0.39 is 10.0 Å². The first-order valence-corrected chi connectivity index (χ1v) is 8.04. The maximum absolute atomic E-state index is 12.2. The molecular weight excluding hydrogens is 346 g/mol. The Kier molecular flexibility index (Phi) is 4.53. The fourth-order valence-corrected chi connectivity index (χ4v) is 3.76. The van der Waals surface area contributed by atoms with E-state index in [1.807, 2.05) is 24.3 Å². The molecule has 0 aliphatic heterocycles. The van der Waals surface area contributed by atoms with Crippen LogP contribution in [0.2, 0.25) is 0 Å². The summed E-state index contributed by atoms with van der Waals surface area (Å²) in [6, 6.07) is 7.40. The molecule has 0 amide bonds. The molecule has 108 valence electrons. The SMILES string of the molecule is Cn1nnc(Br)c1S(=O)(=O)NCc1ccc(CN)cc1. The molecular formula is C11H14BrN5O2S. The molecule has 2 aromatic rings. The Morgan fingerprint density at radius 1 is 1.30 bits per heavy atom. The molecule has 0 atom stereocenters. The average Bonchev–Trinajstić information content (AvgIpc) is 2.77. The summed E-state index contributed by atoms with van der Waals surface area (Å²) in [5.74, 6) is 0. The van der Waals surface area contributed by atoms with E-state index in [1.54, 1.807) is 0 Å². The van der Waals surface area contributed by atoms with Crippen molar-refractivity contribution in [3.05, 3.63) is 40.0 Å². The summed E-state index contributed by atoms with van der Waals surface area (Å²) in [4.78, 5) is 0. The molecule has 0 aliphatic carbocycles. The van der Waals surface area contributed by atoms with E-state index in [1.165, 1.54) is 11.7 Å². The Morgan fingerprint density at radius 2 is 1.90 bits per heavy atom.